The van der Waals surface area contributed by atoms with Crippen molar-refractivity contribution in [1.29, 1.82) is 0 Å². The van der Waals surface area contributed by atoms with Gasteiger partial charge >= 0.3 is 5.97 Å². The molecule has 1 rings (SSSR count). The van der Waals surface area contributed by atoms with E-state index in [0.717, 1.165) is 11.5 Å². The number of carboxylic acids is 1. The molecule has 90 valence electrons. The van der Waals surface area contributed by atoms with Crippen molar-refractivity contribution in [3.8, 4) is 0 Å². The molecule has 1 aromatic heterocycles. The average molecular weight is 245 g/mol. The topological polar surface area (TPSA) is 84.3 Å². The average Bonchev–Trinajstić information content (AvgIpc) is 2.61. The van der Waals surface area contributed by atoms with Gasteiger partial charge in [0.15, 0.2) is 5.82 Å². The minimum absolute atomic E-state index is 0.0210. The van der Waals surface area contributed by atoms with Crippen LogP contribution in [0.2, 0.25) is 0 Å². The molecule has 2 N–H and O–H groups in total. The van der Waals surface area contributed by atoms with Crippen LogP contribution >= 0.6 is 11.5 Å². The van der Waals surface area contributed by atoms with Crippen LogP contribution in [0.5, 0.6) is 0 Å². The molecule has 1 heterocycles. The number of carbonyl (C=O) groups is 1. The fourth-order valence-corrected chi connectivity index (χ4v) is 1.76. The van der Waals surface area contributed by atoms with Gasteiger partial charge in [-0.2, -0.15) is 4.37 Å². The van der Waals surface area contributed by atoms with Gasteiger partial charge in [0.25, 0.3) is 0 Å². The van der Waals surface area contributed by atoms with Crippen molar-refractivity contribution in [1.82, 2.24) is 9.36 Å². The molecular weight excluding hydrogens is 230 g/mol. The van der Waals surface area contributed by atoms with E-state index in [1.807, 2.05) is 13.8 Å². The first-order valence-corrected chi connectivity index (χ1v) is 5.62. The summed E-state index contributed by atoms with van der Waals surface area (Å²) in [6.07, 6.45) is 0. The fourth-order valence-electron chi connectivity index (χ4n) is 1.15. The standard InChI is InChI=1S/C9H15N3O3S/c1-5(2)7(8(13)14)11-9-10-6(4-15-3)12-16-9/h5,7H,4H2,1-3H3,(H,13,14)(H,10,11,12)/t7-/m1/s1. The van der Waals surface area contributed by atoms with E-state index in [1.165, 1.54) is 0 Å². The summed E-state index contributed by atoms with van der Waals surface area (Å²) < 4.78 is 8.91. The molecule has 0 saturated heterocycles. The SMILES string of the molecule is COCc1nsc(N[C@@H](C(=O)O)C(C)C)n1. The summed E-state index contributed by atoms with van der Waals surface area (Å²) in [5.74, 6) is -0.353. The van der Waals surface area contributed by atoms with E-state index >= 15 is 0 Å². The van der Waals surface area contributed by atoms with Gasteiger partial charge in [0, 0.05) is 18.6 Å². The van der Waals surface area contributed by atoms with E-state index in [9.17, 15) is 4.79 Å². The molecule has 0 aliphatic carbocycles. The Bertz CT molecular complexity index is 354. The third-order valence-electron chi connectivity index (χ3n) is 1.95. The monoisotopic (exact) mass is 245 g/mol. The number of carboxylic acid groups (broad SMARTS) is 1. The van der Waals surface area contributed by atoms with Crippen molar-refractivity contribution in [2.24, 2.45) is 5.92 Å². The van der Waals surface area contributed by atoms with Crippen molar-refractivity contribution in [2.45, 2.75) is 26.5 Å². The van der Waals surface area contributed by atoms with Crippen LogP contribution < -0.4 is 5.32 Å². The highest BCUT2D eigenvalue weighted by atomic mass is 32.1. The smallest absolute Gasteiger partial charge is 0.326 e. The number of nitrogens with zero attached hydrogens (tertiary/aromatic N) is 2. The first-order chi connectivity index (χ1) is 7.54. The second-order valence-corrected chi connectivity index (χ2v) is 4.40. The van der Waals surface area contributed by atoms with Crippen LogP contribution in [0.1, 0.15) is 19.7 Å². The summed E-state index contributed by atoms with van der Waals surface area (Å²) in [6, 6.07) is -0.650. The van der Waals surface area contributed by atoms with Gasteiger partial charge in [-0.05, 0) is 5.92 Å². The van der Waals surface area contributed by atoms with Gasteiger partial charge < -0.3 is 15.2 Å². The first-order valence-electron chi connectivity index (χ1n) is 4.85. The Labute approximate surface area is 97.8 Å². The third kappa shape index (κ3) is 3.42. The number of aliphatic carboxylic acids is 1. The van der Waals surface area contributed by atoms with Crippen molar-refractivity contribution in [2.75, 3.05) is 12.4 Å². The second-order valence-electron chi connectivity index (χ2n) is 3.65. The molecule has 0 fully saturated rings. The zero-order valence-electron chi connectivity index (χ0n) is 9.43. The molecule has 0 bridgehead atoms. The minimum Gasteiger partial charge on any atom is -0.480 e. The van der Waals surface area contributed by atoms with Gasteiger partial charge in [0.1, 0.15) is 12.6 Å². The van der Waals surface area contributed by atoms with Gasteiger partial charge in [0.05, 0.1) is 0 Å². The van der Waals surface area contributed by atoms with E-state index < -0.39 is 12.0 Å². The molecule has 0 saturated carbocycles. The summed E-state index contributed by atoms with van der Waals surface area (Å²) in [7, 11) is 1.56. The lowest BCUT2D eigenvalue weighted by Gasteiger charge is -2.16. The van der Waals surface area contributed by atoms with Crippen LogP contribution in [-0.2, 0) is 16.1 Å². The number of rotatable bonds is 6. The molecule has 16 heavy (non-hydrogen) atoms. The number of anilines is 1. The third-order valence-corrected chi connectivity index (χ3v) is 2.64. The van der Waals surface area contributed by atoms with E-state index in [-0.39, 0.29) is 5.92 Å². The van der Waals surface area contributed by atoms with Crippen molar-refractivity contribution >= 4 is 22.6 Å². The first kappa shape index (κ1) is 12.9. The molecule has 0 spiro atoms. The summed E-state index contributed by atoms with van der Waals surface area (Å²) in [5, 5.41) is 12.3. The van der Waals surface area contributed by atoms with Crippen LogP contribution in [0.3, 0.4) is 0 Å². The predicted molar refractivity (Wildman–Crippen MR) is 60.5 cm³/mol. The number of methoxy groups -OCH3 is 1. The molecule has 0 amide bonds. The van der Waals surface area contributed by atoms with Crippen molar-refractivity contribution in [3.05, 3.63) is 5.82 Å². The molecule has 0 unspecified atom stereocenters. The van der Waals surface area contributed by atoms with Gasteiger partial charge in [-0.1, -0.05) is 13.8 Å². The highest BCUT2D eigenvalue weighted by molar-refractivity contribution is 7.09. The Morgan fingerprint density at radius 2 is 2.31 bits per heavy atom. The molecule has 0 aliphatic heterocycles. The summed E-state index contributed by atoms with van der Waals surface area (Å²) in [6.45, 7) is 4.00. The Balaban J connectivity index is 2.66. The largest absolute Gasteiger partial charge is 0.480 e. The van der Waals surface area contributed by atoms with E-state index in [2.05, 4.69) is 14.7 Å². The molecule has 6 nitrogen and oxygen atoms in total. The van der Waals surface area contributed by atoms with E-state index in [0.29, 0.717) is 17.6 Å². The summed E-state index contributed by atoms with van der Waals surface area (Å²) >= 11 is 1.14. The summed E-state index contributed by atoms with van der Waals surface area (Å²) in [4.78, 5) is 15.1. The number of hydrogen-bond donors (Lipinski definition) is 2. The Morgan fingerprint density at radius 1 is 1.62 bits per heavy atom. The zero-order valence-corrected chi connectivity index (χ0v) is 10.2. The van der Waals surface area contributed by atoms with Crippen LogP contribution in [-0.4, -0.2) is 33.6 Å². The van der Waals surface area contributed by atoms with E-state index in [4.69, 9.17) is 9.84 Å². The lowest BCUT2D eigenvalue weighted by atomic mass is 10.1. The number of nitrogens with one attached hydrogen (secondary N) is 1. The maximum atomic E-state index is 10.9. The highest BCUT2D eigenvalue weighted by Gasteiger charge is 2.22. The Kier molecular flexibility index (Phi) is 4.63. The highest BCUT2D eigenvalue weighted by Crippen LogP contribution is 2.15. The molecule has 0 aromatic carbocycles. The lowest BCUT2D eigenvalue weighted by Crippen LogP contribution is -2.34. The normalized spacial score (nSPS) is 12.8. The quantitative estimate of drug-likeness (QED) is 0.783. The molecular formula is C9H15N3O3S. The van der Waals surface area contributed by atoms with Crippen LogP contribution in [0, 0.1) is 5.92 Å². The van der Waals surface area contributed by atoms with Crippen LogP contribution in [0.25, 0.3) is 0 Å². The zero-order chi connectivity index (χ0) is 12.1. The summed E-state index contributed by atoms with van der Waals surface area (Å²) in [5.41, 5.74) is 0. The predicted octanol–water partition coefficient (Wildman–Crippen LogP) is 1.21. The van der Waals surface area contributed by atoms with E-state index in [1.54, 1.807) is 7.11 Å². The van der Waals surface area contributed by atoms with Crippen LogP contribution in [0.15, 0.2) is 0 Å². The van der Waals surface area contributed by atoms with Gasteiger partial charge in [-0.3, -0.25) is 0 Å². The molecule has 1 aromatic rings. The maximum Gasteiger partial charge on any atom is 0.326 e. The number of aromatic nitrogens is 2. The van der Waals surface area contributed by atoms with Crippen molar-refractivity contribution < 1.29 is 14.6 Å². The fraction of sp³-hybridized carbons (Fsp3) is 0.667. The van der Waals surface area contributed by atoms with Gasteiger partial charge in [-0.15, -0.1) is 0 Å². The number of ether oxygens (including phenoxy) is 1. The molecule has 0 radical (unpaired) electrons. The maximum absolute atomic E-state index is 10.9. The minimum atomic E-state index is -0.890. The van der Waals surface area contributed by atoms with Gasteiger partial charge in [0.2, 0.25) is 5.13 Å². The second kappa shape index (κ2) is 5.76. The van der Waals surface area contributed by atoms with Gasteiger partial charge in [-0.25, -0.2) is 9.78 Å². The number of hydrogen-bond acceptors (Lipinski definition) is 6. The lowest BCUT2D eigenvalue weighted by molar-refractivity contribution is -0.138. The Hall–Kier alpha value is -1.21. The molecule has 0 aliphatic rings. The Morgan fingerprint density at radius 3 is 2.81 bits per heavy atom. The van der Waals surface area contributed by atoms with Crippen molar-refractivity contribution in [3.63, 3.8) is 0 Å². The molecule has 7 heteroatoms. The molecule has 1 atom stereocenters. The van der Waals surface area contributed by atoms with Crippen LogP contribution in [0.4, 0.5) is 5.13 Å².